The molecule has 10 heteroatoms. The van der Waals surface area contributed by atoms with E-state index in [2.05, 4.69) is 9.73 Å². The van der Waals surface area contributed by atoms with Crippen molar-refractivity contribution in [3.8, 4) is 0 Å². The summed E-state index contributed by atoms with van der Waals surface area (Å²) in [5, 5.41) is 1.19. The molecule has 0 saturated heterocycles. The van der Waals surface area contributed by atoms with Crippen LogP contribution in [0.3, 0.4) is 0 Å². The second-order valence-electron chi connectivity index (χ2n) is 6.00. The molecule has 10 nitrogen and oxygen atoms in total. The number of fused-ring (bicyclic) bond motifs is 1. The largest absolute Gasteiger partial charge is 0.447 e. The van der Waals surface area contributed by atoms with Crippen LogP contribution in [-0.4, -0.2) is 48.6 Å². The van der Waals surface area contributed by atoms with E-state index >= 15 is 0 Å². The maximum absolute atomic E-state index is 12.9. The van der Waals surface area contributed by atoms with Crippen molar-refractivity contribution in [2.24, 2.45) is 22.2 Å². The number of amidine groups is 1. The second-order valence-corrected chi connectivity index (χ2v) is 6.00. The fraction of sp³-hybridized carbons (Fsp3) is 0.333. The third kappa shape index (κ3) is 5.55. The van der Waals surface area contributed by atoms with Crippen molar-refractivity contribution in [2.45, 2.75) is 19.8 Å². The molecule has 6 N–H and O–H groups in total. The lowest BCUT2D eigenvalue weighted by Crippen LogP contribution is -2.35. The molecule has 0 saturated carbocycles. The molecular weight excluding hydrogens is 366 g/mol. The Balaban J connectivity index is 2.23. The van der Waals surface area contributed by atoms with Crippen molar-refractivity contribution in [3.05, 3.63) is 34.9 Å². The van der Waals surface area contributed by atoms with E-state index in [4.69, 9.17) is 22.0 Å². The number of hydroxylamine groups is 2. The molecule has 150 valence electrons. The van der Waals surface area contributed by atoms with Crippen LogP contribution in [-0.2, 0) is 14.4 Å². The number of nitrogens with zero attached hydrogens (tertiary/aromatic N) is 2. The molecule has 0 unspecified atom stereocenters. The summed E-state index contributed by atoms with van der Waals surface area (Å²) in [6.07, 6.45) is 1.50. The van der Waals surface area contributed by atoms with E-state index in [1.807, 2.05) is 6.92 Å². The smallest absolute Gasteiger partial charge is 0.404 e. The van der Waals surface area contributed by atoms with E-state index in [-0.39, 0.29) is 31.4 Å². The zero-order valence-electron chi connectivity index (χ0n) is 15.5. The lowest BCUT2D eigenvalue weighted by molar-refractivity contribution is -0.185. The first-order chi connectivity index (χ1) is 13.3. The quantitative estimate of drug-likeness (QED) is 0.440. The van der Waals surface area contributed by atoms with Crippen molar-refractivity contribution < 1.29 is 24.0 Å². The van der Waals surface area contributed by atoms with Crippen molar-refractivity contribution in [1.82, 2.24) is 5.06 Å². The minimum absolute atomic E-state index is 0.0237. The lowest BCUT2D eigenvalue weighted by atomic mass is 10.0. The number of primary amides is 2. The van der Waals surface area contributed by atoms with E-state index in [9.17, 15) is 14.4 Å². The van der Waals surface area contributed by atoms with Gasteiger partial charge in [-0.1, -0.05) is 13.0 Å². The summed E-state index contributed by atoms with van der Waals surface area (Å²) < 4.78 is 4.59. The monoisotopic (exact) mass is 389 g/mol. The number of hydrogen-bond donors (Lipinski definition) is 3. The van der Waals surface area contributed by atoms with Crippen LogP contribution in [0.4, 0.5) is 10.5 Å². The molecule has 28 heavy (non-hydrogen) atoms. The molecule has 1 aromatic rings. The lowest BCUT2D eigenvalue weighted by Gasteiger charge is -2.22. The average Bonchev–Trinajstić information content (AvgIpc) is 2.80. The van der Waals surface area contributed by atoms with Crippen molar-refractivity contribution in [2.75, 3.05) is 19.8 Å². The first kappa shape index (κ1) is 20.9. The molecule has 0 aromatic heterocycles. The van der Waals surface area contributed by atoms with Gasteiger partial charge in [-0.15, -0.1) is 0 Å². The fourth-order valence-electron chi connectivity index (χ4n) is 2.56. The average molecular weight is 389 g/mol. The molecule has 0 bridgehead atoms. The molecule has 1 aliphatic rings. The maximum Gasteiger partial charge on any atom is 0.404 e. The van der Waals surface area contributed by atoms with E-state index in [0.29, 0.717) is 35.4 Å². The van der Waals surface area contributed by atoms with Gasteiger partial charge in [0.2, 0.25) is 5.91 Å². The Morgan fingerprint density at radius 2 is 1.96 bits per heavy atom. The standard InChI is InChI=1S/C18H23N5O5/c1-2-5-23(28-7-6-27-18(21)26)17(25)13-8-11-3-4-12(16(20)24)9-14(11)22-15(19)10-13/h3-4,8-9H,2,5-7,10H2,1H3,(H2,19,22)(H2,20,24)(H2,21,26). The molecule has 1 aliphatic heterocycles. The predicted molar refractivity (Wildman–Crippen MR) is 102 cm³/mol. The van der Waals surface area contributed by atoms with Crippen LogP contribution < -0.4 is 17.2 Å². The summed E-state index contributed by atoms with van der Waals surface area (Å²) in [5.74, 6) is -0.749. The number of nitrogens with two attached hydrogens (primary N) is 3. The number of benzene rings is 1. The van der Waals surface area contributed by atoms with Crippen molar-refractivity contribution in [1.29, 1.82) is 0 Å². The molecule has 0 atom stereocenters. The van der Waals surface area contributed by atoms with Crippen molar-refractivity contribution in [3.63, 3.8) is 0 Å². The van der Waals surface area contributed by atoms with E-state index in [1.54, 1.807) is 18.2 Å². The Hall–Kier alpha value is -3.40. The molecule has 0 fully saturated rings. The van der Waals surface area contributed by atoms with Gasteiger partial charge in [-0.2, -0.15) is 0 Å². The number of rotatable bonds is 8. The molecule has 0 spiro atoms. The van der Waals surface area contributed by atoms with Gasteiger partial charge in [0.1, 0.15) is 19.0 Å². The highest BCUT2D eigenvalue weighted by Gasteiger charge is 2.22. The zero-order valence-corrected chi connectivity index (χ0v) is 15.5. The normalized spacial score (nSPS) is 12.9. The first-order valence-electron chi connectivity index (χ1n) is 8.66. The van der Waals surface area contributed by atoms with E-state index in [1.165, 1.54) is 11.1 Å². The Morgan fingerprint density at radius 3 is 2.61 bits per heavy atom. The predicted octanol–water partition coefficient (Wildman–Crippen LogP) is 0.827. The van der Waals surface area contributed by atoms with E-state index in [0.717, 1.165) is 0 Å². The fourth-order valence-corrected chi connectivity index (χ4v) is 2.56. The summed E-state index contributed by atoms with van der Waals surface area (Å²) in [6, 6.07) is 4.73. The third-order valence-electron chi connectivity index (χ3n) is 3.78. The molecule has 0 aliphatic carbocycles. The van der Waals surface area contributed by atoms with Gasteiger partial charge >= 0.3 is 6.09 Å². The van der Waals surface area contributed by atoms with Crippen LogP contribution in [0.2, 0.25) is 0 Å². The van der Waals surface area contributed by atoms with Gasteiger partial charge in [0.05, 0.1) is 5.69 Å². The van der Waals surface area contributed by atoms with Gasteiger partial charge in [-0.05, 0) is 24.6 Å². The number of ether oxygens (including phenoxy) is 1. The van der Waals surface area contributed by atoms with Crippen LogP contribution in [0.5, 0.6) is 0 Å². The molecular formula is C18H23N5O5. The highest BCUT2D eigenvalue weighted by molar-refractivity contribution is 6.05. The van der Waals surface area contributed by atoms with Gasteiger partial charge in [0.25, 0.3) is 5.91 Å². The van der Waals surface area contributed by atoms with Crippen molar-refractivity contribution >= 4 is 35.5 Å². The van der Waals surface area contributed by atoms with Gasteiger partial charge in [-0.3, -0.25) is 14.4 Å². The summed E-state index contributed by atoms with van der Waals surface area (Å²) in [5.41, 5.74) is 17.9. The highest BCUT2D eigenvalue weighted by atomic mass is 16.7. The van der Waals surface area contributed by atoms with Gasteiger partial charge in [0.15, 0.2) is 0 Å². The van der Waals surface area contributed by atoms with E-state index < -0.39 is 12.0 Å². The van der Waals surface area contributed by atoms with Gasteiger partial charge < -0.3 is 21.9 Å². The summed E-state index contributed by atoms with van der Waals surface area (Å²) in [7, 11) is 0. The third-order valence-corrected chi connectivity index (χ3v) is 3.78. The van der Waals surface area contributed by atoms with Crippen LogP contribution in [0.15, 0.2) is 28.8 Å². The van der Waals surface area contributed by atoms with Gasteiger partial charge in [-0.25, -0.2) is 14.9 Å². The van der Waals surface area contributed by atoms with Crippen LogP contribution in [0, 0.1) is 0 Å². The minimum Gasteiger partial charge on any atom is -0.447 e. The minimum atomic E-state index is -0.917. The molecule has 1 heterocycles. The Morgan fingerprint density at radius 1 is 1.21 bits per heavy atom. The topological polar surface area (TPSA) is 163 Å². The zero-order chi connectivity index (χ0) is 20.7. The number of carbonyl (C=O) groups is 3. The summed E-state index contributed by atoms with van der Waals surface area (Å²) in [6.45, 7) is 2.12. The highest BCUT2D eigenvalue weighted by Crippen LogP contribution is 2.28. The van der Waals surface area contributed by atoms with Crippen LogP contribution >= 0.6 is 0 Å². The molecule has 1 aromatic carbocycles. The SMILES string of the molecule is CCCN(OCCOC(N)=O)C(=O)C1=Cc2ccc(C(N)=O)cc2N=C(N)C1. The van der Waals surface area contributed by atoms with Gasteiger partial charge in [0, 0.05) is 29.7 Å². The maximum atomic E-state index is 12.9. The van der Waals surface area contributed by atoms with Crippen LogP contribution in [0.1, 0.15) is 35.7 Å². The molecule has 3 amide bonds. The summed E-state index contributed by atoms with van der Waals surface area (Å²) in [4.78, 5) is 44.6. The number of amides is 3. The number of aliphatic imine (C=N–C) groups is 1. The number of carbonyl (C=O) groups excluding carboxylic acids is 3. The Kier molecular flexibility index (Phi) is 7.10. The Bertz CT molecular complexity index is 834. The molecule has 2 rings (SSSR count). The van der Waals surface area contributed by atoms with Crippen LogP contribution in [0.25, 0.3) is 6.08 Å². The number of hydrogen-bond acceptors (Lipinski definition) is 7. The second kappa shape index (κ2) is 9.51. The summed E-state index contributed by atoms with van der Waals surface area (Å²) >= 11 is 0. The Labute approximate surface area is 161 Å². The first-order valence-corrected chi connectivity index (χ1v) is 8.66. The molecule has 0 radical (unpaired) electrons.